The van der Waals surface area contributed by atoms with Gasteiger partial charge >= 0.3 is 0 Å². The van der Waals surface area contributed by atoms with Crippen LogP contribution in [-0.2, 0) is 14.2 Å². The lowest BCUT2D eigenvalue weighted by molar-refractivity contribution is -0.0803. The maximum Gasteiger partial charge on any atom is 0.0935 e. The van der Waals surface area contributed by atoms with Crippen molar-refractivity contribution in [3.05, 3.63) is 0 Å². The molecule has 2 saturated heterocycles. The summed E-state index contributed by atoms with van der Waals surface area (Å²) < 4.78 is 16.6. The molecule has 2 heterocycles. The van der Waals surface area contributed by atoms with Gasteiger partial charge in [-0.1, -0.05) is 0 Å². The molecule has 2 aliphatic rings. The first kappa shape index (κ1) is 10.4. The Hall–Kier alpha value is -0.160. The Morgan fingerprint density at radius 3 is 3.07 bits per heavy atom. The second-order valence-electron chi connectivity index (χ2n) is 4.07. The molecule has 2 fully saturated rings. The third-order valence-corrected chi connectivity index (χ3v) is 2.75. The van der Waals surface area contributed by atoms with E-state index in [2.05, 4.69) is 11.9 Å². The minimum absolute atomic E-state index is 0.245. The van der Waals surface area contributed by atoms with Crippen molar-refractivity contribution < 1.29 is 14.2 Å². The second kappa shape index (κ2) is 5.07. The fraction of sp³-hybridized carbons (Fsp3) is 1.00. The number of likely N-dealkylation sites (N-methyl/N-ethyl adjacent to an activating group) is 1. The number of ether oxygens (including phenoxy) is 3. The van der Waals surface area contributed by atoms with Crippen LogP contribution in [0.5, 0.6) is 0 Å². The molecule has 0 aromatic heterocycles. The highest BCUT2D eigenvalue weighted by Gasteiger charge is 2.21. The van der Waals surface area contributed by atoms with E-state index in [0.717, 1.165) is 39.3 Å². The average Bonchev–Trinajstić information content (AvgIpc) is 2.67. The Bertz CT molecular complexity index is 171. The molecule has 2 unspecified atom stereocenters. The highest BCUT2D eigenvalue weighted by atomic mass is 16.6. The number of rotatable bonds is 3. The van der Waals surface area contributed by atoms with Crippen molar-refractivity contribution in [1.29, 1.82) is 0 Å². The monoisotopic (exact) mass is 201 g/mol. The summed E-state index contributed by atoms with van der Waals surface area (Å²) >= 11 is 0. The number of hydrogen-bond donors (Lipinski definition) is 0. The zero-order valence-corrected chi connectivity index (χ0v) is 8.78. The van der Waals surface area contributed by atoms with E-state index >= 15 is 0 Å². The lowest BCUT2D eigenvalue weighted by Gasteiger charge is -2.30. The average molecular weight is 201 g/mol. The van der Waals surface area contributed by atoms with Gasteiger partial charge in [0.05, 0.1) is 32.0 Å². The van der Waals surface area contributed by atoms with Crippen molar-refractivity contribution in [1.82, 2.24) is 4.90 Å². The lowest BCUT2D eigenvalue weighted by atomic mass is 10.3. The molecule has 0 spiro atoms. The molecule has 0 bridgehead atoms. The Balaban J connectivity index is 1.64. The van der Waals surface area contributed by atoms with Crippen LogP contribution in [0, 0.1) is 0 Å². The van der Waals surface area contributed by atoms with Crippen LogP contribution in [0.15, 0.2) is 0 Å². The van der Waals surface area contributed by atoms with Gasteiger partial charge < -0.3 is 19.1 Å². The minimum Gasteiger partial charge on any atom is -0.379 e. The van der Waals surface area contributed by atoms with Gasteiger partial charge in [0.1, 0.15) is 0 Å². The van der Waals surface area contributed by atoms with E-state index in [9.17, 15) is 0 Å². The molecule has 2 rings (SSSR count). The van der Waals surface area contributed by atoms with Crippen LogP contribution in [0.2, 0.25) is 0 Å². The first-order valence-corrected chi connectivity index (χ1v) is 5.34. The van der Waals surface area contributed by atoms with E-state index < -0.39 is 0 Å². The van der Waals surface area contributed by atoms with E-state index in [1.807, 2.05) is 0 Å². The fourth-order valence-corrected chi connectivity index (χ4v) is 1.86. The molecule has 82 valence electrons. The Morgan fingerprint density at radius 2 is 2.36 bits per heavy atom. The first-order valence-electron chi connectivity index (χ1n) is 5.34. The number of morpholine rings is 1. The molecule has 0 amide bonds. The lowest BCUT2D eigenvalue weighted by Crippen LogP contribution is -2.42. The summed E-state index contributed by atoms with van der Waals surface area (Å²) in [5, 5.41) is 0. The Kier molecular flexibility index (Phi) is 3.75. The largest absolute Gasteiger partial charge is 0.379 e. The molecule has 0 aromatic rings. The van der Waals surface area contributed by atoms with Crippen molar-refractivity contribution in [2.24, 2.45) is 0 Å². The third-order valence-electron chi connectivity index (χ3n) is 2.75. The van der Waals surface area contributed by atoms with Gasteiger partial charge in [0.2, 0.25) is 0 Å². The highest BCUT2D eigenvalue weighted by Crippen LogP contribution is 2.10. The molecule has 0 aliphatic carbocycles. The van der Waals surface area contributed by atoms with E-state index in [0.29, 0.717) is 12.7 Å². The predicted octanol–water partition coefficient (Wildman–Crippen LogP) is 0.123. The topological polar surface area (TPSA) is 30.9 Å². The fourth-order valence-electron chi connectivity index (χ4n) is 1.86. The quantitative estimate of drug-likeness (QED) is 0.649. The summed E-state index contributed by atoms with van der Waals surface area (Å²) in [5.74, 6) is 0. The van der Waals surface area contributed by atoms with Crippen molar-refractivity contribution >= 4 is 0 Å². The summed E-state index contributed by atoms with van der Waals surface area (Å²) in [4.78, 5) is 2.28. The predicted molar refractivity (Wildman–Crippen MR) is 52.4 cm³/mol. The van der Waals surface area contributed by atoms with Gasteiger partial charge in [-0.05, 0) is 13.5 Å². The Morgan fingerprint density at radius 1 is 1.43 bits per heavy atom. The maximum absolute atomic E-state index is 5.71. The van der Waals surface area contributed by atoms with E-state index in [1.54, 1.807) is 0 Å². The van der Waals surface area contributed by atoms with Crippen LogP contribution >= 0.6 is 0 Å². The van der Waals surface area contributed by atoms with Crippen molar-refractivity contribution in [3.8, 4) is 0 Å². The summed E-state index contributed by atoms with van der Waals surface area (Å²) in [6.45, 7) is 5.14. The molecule has 0 aromatic carbocycles. The van der Waals surface area contributed by atoms with Crippen LogP contribution < -0.4 is 0 Å². The van der Waals surface area contributed by atoms with Crippen LogP contribution in [0.25, 0.3) is 0 Å². The molecule has 0 N–H and O–H groups in total. The zero-order chi connectivity index (χ0) is 9.80. The van der Waals surface area contributed by atoms with Gasteiger partial charge in [-0.2, -0.15) is 0 Å². The smallest absolute Gasteiger partial charge is 0.0935 e. The molecule has 14 heavy (non-hydrogen) atoms. The van der Waals surface area contributed by atoms with Gasteiger partial charge in [-0.25, -0.2) is 0 Å². The van der Waals surface area contributed by atoms with Gasteiger partial charge in [0.25, 0.3) is 0 Å². The first-order chi connectivity index (χ1) is 6.84. The van der Waals surface area contributed by atoms with Crippen molar-refractivity contribution in [2.45, 2.75) is 18.6 Å². The van der Waals surface area contributed by atoms with Gasteiger partial charge in [0, 0.05) is 19.7 Å². The van der Waals surface area contributed by atoms with Crippen LogP contribution in [-0.4, -0.2) is 63.7 Å². The number of nitrogens with zero attached hydrogens (tertiary/aromatic N) is 1. The summed E-state index contributed by atoms with van der Waals surface area (Å²) in [6, 6.07) is 0. The van der Waals surface area contributed by atoms with Crippen molar-refractivity contribution in [3.63, 3.8) is 0 Å². The third kappa shape index (κ3) is 2.92. The summed E-state index contributed by atoms with van der Waals surface area (Å²) in [6.07, 6.45) is 1.57. The summed E-state index contributed by atoms with van der Waals surface area (Å²) in [5.41, 5.74) is 0. The van der Waals surface area contributed by atoms with E-state index in [4.69, 9.17) is 14.2 Å². The van der Waals surface area contributed by atoms with Gasteiger partial charge in [-0.3, -0.25) is 0 Å². The van der Waals surface area contributed by atoms with Gasteiger partial charge in [0.15, 0.2) is 0 Å². The standard InChI is InChI=1S/C10H19NO3/c1-11-3-5-13-10(6-11)8-14-9-2-4-12-7-9/h9-10H,2-8H2,1H3. The highest BCUT2D eigenvalue weighted by molar-refractivity contribution is 4.70. The molecule has 2 aliphatic heterocycles. The van der Waals surface area contributed by atoms with E-state index in [-0.39, 0.29) is 6.10 Å². The molecule has 0 radical (unpaired) electrons. The van der Waals surface area contributed by atoms with E-state index in [1.165, 1.54) is 0 Å². The maximum atomic E-state index is 5.71. The number of hydrogen-bond acceptors (Lipinski definition) is 4. The molecular weight excluding hydrogens is 182 g/mol. The molecule has 4 nitrogen and oxygen atoms in total. The second-order valence-corrected chi connectivity index (χ2v) is 4.07. The van der Waals surface area contributed by atoms with Crippen molar-refractivity contribution in [2.75, 3.05) is 46.6 Å². The van der Waals surface area contributed by atoms with Gasteiger partial charge in [-0.15, -0.1) is 0 Å². The normalized spacial score (nSPS) is 34.9. The van der Waals surface area contributed by atoms with Crippen LogP contribution in [0.3, 0.4) is 0 Å². The molecule has 4 heteroatoms. The zero-order valence-electron chi connectivity index (χ0n) is 8.78. The molecule has 2 atom stereocenters. The summed E-state index contributed by atoms with van der Waals surface area (Å²) in [7, 11) is 2.12. The van der Waals surface area contributed by atoms with Crippen LogP contribution in [0.4, 0.5) is 0 Å². The molecular formula is C10H19NO3. The van der Waals surface area contributed by atoms with Crippen LogP contribution in [0.1, 0.15) is 6.42 Å². The minimum atomic E-state index is 0.245. The molecule has 0 saturated carbocycles. The SMILES string of the molecule is CN1CCOC(COC2CCOC2)C1. The Labute approximate surface area is 85.1 Å².